The lowest BCUT2D eigenvalue weighted by Crippen LogP contribution is -2.00. The number of carbonyl (C=O) groups excluding carboxylic acids is 1. The van der Waals surface area contributed by atoms with E-state index < -0.39 is 6.10 Å². The minimum atomic E-state index is -0.534. The van der Waals surface area contributed by atoms with Crippen LogP contribution in [0.25, 0.3) is 0 Å². The molecular formula is C9H12O2. The molecule has 11 heavy (non-hydrogen) atoms. The van der Waals surface area contributed by atoms with E-state index in [2.05, 4.69) is 5.92 Å². The number of aliphatic hydroxyl groups excluding tert-OH is 1. The summed E-state index contributed by atoms with van der Waals surface area (Å²) in [6, 6.07) is 0. The third-order valence-corrected chi connectivity index (χ3v) is 1.23. The Morgan fingerprint density at radius 3 is 2.91 bits per heavy atom. The van der Waals surface area contributed by atoms with Gasteiger partial charge in [0.1, 0.15) is 6.29 Å². The first-order chi connectivity index (χ1) is 5.31. The van der Waals surface area contributed by atoms with E-state index in [4.69, 9.17) is 11.5 Å². The minimum Gasteiger partial charge on any atom is -0.389 e. The molecule has 0 aliphatic rings. The molecule has 0 rings (SSSR count). The summed E-state index contributed by atoms with van der Waals surface area (Å²) in [5.41, 5.74) is 0. The molecule has 2 heteroatoms. The van der Waals surface area contributed by atoms with Crippen LogP contribution in [-0.2, 0) is 4.79 Å². The van der Waals surface area contributed by atoms with Gasteiger partial charge in [0, 0.05) is 6.42 Å². The fraction of sp³-hybridized carbons (Fsp3) is 0.444. The zero-order valence-corrected chi connectivity index (χ0v) is 6.36. The van der Waals surface area contributed by atoms with Crippen LogP contribution in [0, 0.1) is 12.3 Å². The van der Waals surface area contributed by atoms with Crippen molar-refractivity contribution in [3.05, 3.63) is 12.2 Å². The van der Waals surface area contributed by atoms with Crippen molar-refractivity contribution in [1.82, 2.24) is 0 Å². The number of hydrogen-bond acceptors (Lipinski definition) is 2. The molecule has 0 amide bonds. The van der Waals surface area contributed by atoms with E-state index >= 15 is 0 Å². The second-order valence-corrected chi connectivity index (χ2v) is 2.18. The molecule has 0 heterocycles. The first-order valence-corrected chi connectivity index (χ1v) is 3.54. The van der Waals surface area contributed by atoms with Gasteiger partial charge in [0.05, 0.1) is 6.10 Å². The predicted octanol–water partition coefficient (Wildman–Crippen LogP) is 0.906. The van der Waals surface area contributed by atoms with Crippen LogP contribution in [0.5, 0.6) is 0 Å². The smallest absolute Gasteiger partial charge is 0.142 e. The summed E-state index contributed by atoms with van der Waals surface area (Å²) < 4.78 is 0. The lowest BCUT2D eigenvalue weighted by Gasteiger charge is -2.00. The molecule has 2 nitrogen and oxygen atoms in total. The Balaban J connectivity index is 3.37. The van der Waals surface area contributed by atoms with E-state index in [0.717, 1.165) is 6.42 Å². The van der Waals surface area contributed by atoms with Gasteiger partial charge in [-0.2, -0.15) is 0 Å². The number of unbranched alkanes of at least 4 members (excludes halogenated alkanes) is 1. The SMILES string of the molecule is C#CCCC[C@@H](O)/C=C/C=O. The molecule has 0 unspecified atom stereocenters. The van der Waals surface area contributed by atoms with Crippen LogP contribution in [0.2, 0.25) is 0 Å². The highest BCUT2D eigenvalue weighted by atomic mass is 16.3. The Morgan fingerprint density at radius 1 is 1.64 bits per heavy atom. The Morgan fingerprint density at radius 2 is 2.36 bits per heavy atom. The summed E-state index contributed by atoms with van der Waals surface area (Å²) in [6.07, 6.45) is 9.96. The zero-order chi connectivity index (χ0) is 8.53. The maximum absolute atomic E-state index is 9.81. The van der Waals surface area contributed by atoms with E-state index in [0.29, 0.717) is 19.1 Å². The Labute approximate surface area is 66.9 Å². The van der Waals surface area contributed by atoms with Crippen LogP contribution in [-0.4, -0.2) is 17.5 Å². The number of aldehydes is 1. The van der Waals surface area contributed by atoms with Gasteiger partial charge in [0.2, 0.25) is 0 Å². The number of hydrogen-bond donors (Lipinski definition) is 1. The van der Waals surface area contributed by atoms with Gasteiger partial charge >= 0.3 is 0 Å². The van der Waals surface area contributed by atoms with Gasteiger partial charge in [-0.15, -0.1) is 12.3 Å². The molecular weight excluding hydrogens is 140 g/mol. The van der Waals surface area contributed by atoms with E-state index in [1.165, 1.54) is 12.2 Å². The maximum Gasteiger partial charge on any atom is 0.142 e. The second kappa shape index (κ2) is 7.04. The van der Waals surface area contributed by atoms with Gasteiger partial charge in [0.15, 0.2) is 0 Å². The third kappa shape index (κ3) is 6.82. The fourth-order valence-corrected chi connectivity index (χ4v) is 0.683. The van der Waals surface area contributed by atoms with E-state index in [9.17, 15) is 4.79 Å². The molecule has 0 aromatic heterocycles. The third-order valence-electron chi connectivity index (χ3n) is 1.23. The van der Waals surface area contributed by atoms with Crippen molar-refractivity contribution in [2.24, 2.45) is 0 Å². The molecule has 0 aliphatic heterocycles. The zero-order valence-electron chi connectivity index (χ0n) is 6.36. The highest BCUT2D eigenvalue weighted by Gasteiger charge is 1.96. The molecule has 0 fully saturated rings. The average Bonchev–Trinajstić information content (AvgIpc) is 2.01. The van der Waals surface area contributed by atoms with Crippen LogP contribution in [0.3, 0.4) is 0 Å². The molecule has 0 aromatic rings. The van der Waals surface area contributed by atoms with Crippen molar-refractivity contribution in [3.8, 4) is 12.3 Å². The van der Waals surface area contributed by atoms with E-state index in [1.54, 1.807) is 0 Å². The van der Waals surface area contributed by atoms with Gasteiger partial charge < -0.3 is 5.11 Å². The fourth-order valence-electron chi connectivity index (χ4n) is 0.683. The summed E-state index contributed by atoms with van der Waals surface area (Å²) in [5, 5.41) is 9.09. The summed E-state index contributed by atoms with van der Waals surface area (Å²) in [7, 11) is 0. The molecule has 1 atom stereocenters. The van der Waals surface area contributed by atoms with Gasteiger partial charge in [-0.1, -0.05) is 6.08 Å². The summed E-state index contributed by atoms with van der Waals surface area (Å²) in [4.78, 5) is 9.81. The van der Waals surface area contributed by atoms with Crippen LogP contribution in [0.4, 0.5) is 0 Å². The molecule has 0 radical (unpaired) electrons. The van der Waals surface area contributed by atoms with E-state index in [-0.39, 0.29) is 0 Å². The highest BCUT2D eigenvalue weighted by molar-refractivity contribution is 5.64. The molecule has 1 N–H and O–H groups in total. The molecule has 60 valence electrons. The minimum absolute atomic E-state index is 0.534. The normalized spacial score (nSPS) is 12.7. The van der Waals surface area contributed by atoms with Gasteiger partial charge in [0.25, 0.3) is 0 Å². The van der Waals surface area contributed by atoms with Crippen LogP contribution < -0.4 is 0 Å². The lowest BCUT2D eigenvalue weighted by atomic mass is 10.1. The van der Waals surface area contributed by atoms with Gasteiger partial charge in [-0.05, 0) is 18.9 Å². The maximum atomic E-state index is 9.81. The second-order valence-electron chi connectivity index (χ2n) is 2.18. The summed E-state index contributed by atoms with van der Waals surface area (Å²) in [6.45, 7) is 0. The number of carbonyl (C=O) groups is 1. The lowest BCUT2D eigenvalue weighted by molar-refractivity contribution is -0.104. The van der Waals surface area contributed by atoms with Crippen molar-refractivity contribution in [2.45, 2.75) is 25.4 Å². The molecule has 0 saturated carbocycles. The largest absolute Gasteiger partial charge is 0.389 e. The van der Waals surface area contributed by atoms with Crippen molar-refractivity contribution in [3.63, 3.8) is 0 Å². The molecule has 0 aromatic carbocycles. The number of aliphatic hydroxyl groups is 1. The quantitative estimate of drug-likeness (QED) is 0.275. The Hall–Kier alpha value is -1.07. The van der Waals surface area contributed by atoms with Crippen molar-refractivity contribution in [2.75, 3.05) is 0 Å². The first-order valence-electron chi connectivity index (χ1n) is 3.54. The molecule has 0 aliphatic carbocycles. The van der Waals surface area contributed by atoms with E-state index in [1.807, 2.05) is 0 Å². The standard InChI is InChI=1S/C9H12O2/c1-2-3-4-6-9(11)7-5-8-10/h1,5,7-9,11H,3-4,6H2/b7-5+/t9-/m1/s1. The molecule has 0 spiro atoms. The van der Waals surface area contributed by atoms with Gasteiger partial charge in [-0.3, -0.25) is 4.79 Å². The topological polar surface area (TPSA) is 37.3 Å². The summed E-state index contributed by atoms with van der Waals surface area (Å²) in [5.74, 6) is 2.47. The monoisotopic (exact) mass is 152 g/mol. The van der Waals surface area contributed by atoms with Crippen LogP contribution in [0.1, 0.15) is 19.3 Å². The highest BCUT2D eigenvalue weighted by Crippen LogP contribution is 2.00. The Kier molecular flexibility index (Phi) is 6.36. The molecule has 0 bridgehead atoms. The number of rotatable bonds is 5. The number of terminal acetylenes is 1. The van der Waals surface area contributed by atoms with Crippen molar-refractivity contribution >= 4 is 6.29 Å². The summed E-state index contributed by atoms with van der Waals surface area (Å²) >= 11 is 0. The van der Waals surface area contributed by atoms with Crippen LogP contribution in [0.15, 0.2) is 12.2 Å². The van der Waals surface area contributed by atoms with Crippen molar-refractivity contribution in [1.29, 1.82) is 0 Å². The average molecular weight is 152 g/mol. The number of allylic oxidation sites excluding steroid dienone is 1. The predicted molar refractivity (Wildman–Crippen MR) is 43.9 cm³/mol. The Bertz CT molecular complexity index is 165. The van der Waals surface area contributed by atoms with Crippen LogP contribution >= 0.6 is 0 Å². The van der Waals surface area contributed by atoms with Crippen molar-refractivity contribution < 1.29 is 9.90 Å². The first kappa shape index (κ1) is 9.93. The molecule has 0 saturated heterocycles. The van der Waals surface area contributed by atoms with Gasteiger partial charge in [-0.25, -0.2) is 0 Å².